The van der Waals surface area contributed by atoms with E-state index in [0.717, 1.165) is 0 Å². The molecule has 0 aliphatic carbocycles. The number of sulfonamides is 1. The molecule has 6 heteroatoms. The van der Waals surface area contributed by atoms with E-state index in [4.69, 9.17) is 18.0 Å². The summed E-state index contributed by atoms with van der Waals surface area (Å²) in [6.07, 6.45) is 0. The van der Waals surface area contributed by atoms with Crippen molar-refractivity contribution in [3.63, 3.8) is 0 Å². The van der Waals surface area contributed by atoms with Gasteiger partial charge in [-0.2, -0.15) is 0 Å². The molecule has 0 atom stereocenters. The molecule has 4 nitrogen and oxygen atoms in total. The molecule has 0 heterocycles. The molecule has 1 aromatic rings. The van der Waals surface area contributed by atoms with Crippen LogP contribution in [0.5, 0.6) is 0 Å². The van der Waals surface area contributed by atoms with E-state index < -0.39 is 15.6 Å². The van der Waals surface area contributed by atoms with E-state index in [1.54, 1.807) is 45.0 Å². The highest BCUT2D eigenvalue weighted by Crippen LogP contribution is 2.13. The van der Waals surface area contributed by atoms with Crippen LogP contribution in [0.4, 0.5) is 0 Å². The Bertz CT molecular complexity index is 545. The smallest absolute Gasteiger partial charge is 0.216 e. The van der Waals surface area contributed by atoms with Crippen LogP contribution in [-0.2, 0) is 15.8 Å². The number of nitrogens with two attached hydrogens (primary N) is 1. The number of thiocarbonyl (C=S) groups is 1. The molecule has 0 saturated heterocycles. The van der Waals surface area contributed by atoms with Crippen LogP contribution in [0.3, 0.4) is 0 Å². The van der Waals surface area contributed by atoms with E-state index in [1.807, 2.05) is 0 Å². The molecule has 0 saturated carbocycles. The molecular weight excluding hydrogens is 268 g/mol. The van der Waals surface area contributed by atoms with Gasteiger partial charge in [0.15, 0.2) is 0 Å². The van der Waals surface area contributed by atoms with Gasteiger partial charge < -0.3 is 5.73 Å². The number of rotatable bonds is 4. The second kappa shape index (κ2) is 5.34. The van der Waals surface area contributed by atoms with Gasteiger partial charge in [-0.05, 0) is 26.3 Å². The first kappa shape index (κ1) is 15.1. The van der Waals surface area contributed by atoms with Crippen molar-refractivity contribution in [3.8, 4) is 0 Å². The molecule has 1 aromatic carbocycles. The molecule has 0 radical (unpaired) electrons. The second-order valence-corrected chi connectivity index (χ2v) is 7.29. The van der Waals surface area contributed by atoms with Crippen LogP contribution in [0.25, 0.3) is 0 Å². The maximum Gasteiger partial charge on any atom is 0.216 e. The molecular formula is C12H18N2O2S2. The maximum atomic E-state index is 12.0. The molecule has 0 fully saturated rings. The first-order chi connectivity index (χ1) is 8.11. The zero-order chi connectivity index (χ0) is 14.0. The van der Waals surface area contributed by atoms with Crippen LogP contribution in [0.2, 0.25) is 0 Å². The van der Waals surface area contributed by atoms with E-state index in [2.05, 4.69) is 4.72 Å². The van der Waals surface area contributed by atoms with Crippen molar-refractivity contribution in [1.82, 2.24) is 4.72 Å². The summed E-state index contributed by atoms with van der Waals surface area (Å²) in [5, 5.41) is 0. The van der Waals surface area contributed by atoms with Gasteiger partial charge in [0, 0.05) is 11.1 Å². The molecule has 100 valence electrons. The molecule has 0 aliphatic rings. The van der Waals surface area contributed by atoms with Crippen molar-refractivity contribution in [1.29, 1.82) is 0 Å². The summed E-state index contributed by atoms with van der Waals surface area (Å²) in [4.78, 5) is 0.205. The first-order valence-electron chi connectivity index (χ1n) is 5.50. The maximum absolute atomic E-state index is 12.0. The number of hydrogen-bond acceptors (Lipinski definition) is 3. The molecule has 1 rings (SSSR count). The summed E-state index contributed by atoms with van der Waals surface area (Å²) in [6.45, 7) is 5.39. The van der Waals surface area contributed by atoms with Crippen LogP contribution in [0, 0.1) is 0 Å². The topological polar surface area (TPSA) is 72.2 Å². The van der Waals surface area contributed by atoms with Crippen molar-refractivity contribution >= 4 is 27.2 Å². The quantitative estimate of drug-likeness (QED) is 0.824. The Balaban J connectivity index is 3.02. The lowest BCUT2D eigenvalue weighted by Crippen LogP contribution is -2.41. The molecule has 0 unspecified atom stereocenters. The lowest BCUT2D eigenvalue weighted by molar-refractivity contribution is 0.491. The Kier molecular flexibility index (Phi) is 4.47. The fraction of sp³-hybridized carbons (Fsp3) is 0.417. The fourth-order valence-electron chi connectivity index (χ4n) is 1.59. The average molecular weight is 286 g/mol. The Hall–Kier alpha value is -0.980. The van der Waals surface area contributed by atoms with E-state index in [9.17, 15) is 8.42 Å². The third-order valence-corrected chi connectivity index (χ3v) is 3.92. The van der Waals surface area contributed by atoms with Crippen LogP contribution < -0.4 is 10.5 Å². The Morgan fingerprint density at radius 1 is 1.33 bits per heavy atom. The van der Waals surface area contributed by atoms with Crippen LogP contribution in [-0.4, -0.2) is 18.9 Å². The van der Waals surface area contributed by atoms with Crippen LogP contribution in [0.15, 0.2) is 24.3 Å². The summed E-state index contributed by atoms with van der Waals surface area (Å²) in [5.41, 5.74) is 6.29. The van der Waals surface area contributed by atoms with Crippen molar-refractivity contribution in [2.45, 2.75) is 32.1 Å². The highest BCUT2D eigenvalue weighted by atomic mass is 32.2. The van der Waals surface area contributed by atoms with Crippen molar-refractivity contribution in [2.75, 3.05) is 0 Å². The molecule has 0 bridgehead atoms. The summed E-state index contributed by atoms with van der Waals surface area (Å²) in [5.74, 6) is -0.127. The minimum absolute atomic E-state index is 0.127. The summed E-state index contributed by atoms with van der Waals surface area (Å²) < 4.78 is 26.6. The minimum Gasteiger partial charge on any atom is -0.389 e. The summed E-state index contributed by atoms with van der Waals surface area (Å²) in [7, 11) is -3.41. The van der Waals surface area contributed by atoms with Gasteiger partial charge in [-0.1, -0.05) is 36.5 Å². The largest absolute Gasteiger partial charge is 0.389 e. The molecule has 0 amide bonds. The second-order valence-electron chi connectivity index (χ2n) is 5.13. The Morgan fingerprint density at radius 3 is 2.39 bits per heavy atom. The fourth-order valence-corrected chi connectivity index (χ4v) is 3.46. The predicted octanol–water partition coefficient (Wildman–Crippen LogP) is 1.54. The van der Waals surface area contributed by atoms with Crippen molar-refractivity contribution in [2.24, 2.45) is 5.73 Å². The van der Waals surface area contributed by atoms with Gasteiger partial charge in [0.25, 0.3) is 0 Å². The van der Waals surface area contributed by atoms with Crippen LogP contribution >= 0.6 is 12.2 Å². The molecule has 0 spiro atoms. The predicted molar refractivity (Wildman–Crippen MR) is 77.8 cm³/mol. The number of benzene rings is 1. The van der Waals surface area contributed by atoms with Crippen molar-refractivity contribution < 1.29 is 8.42 Å². The Labute approximate surface area is 114 Å². The summed E-state index contributed by atoms with van der Waals surface area (Å²) in [6, 6.07) is 6.99. The number of hydrogen-bond donors (Lipinski definition) is 2. The standard InChI is InChI=1S/C12H18N2O2S2/c1-12(2,3)14-18(15,16)8-9-6-4-5-7-10(9)11(13)17/h4-7,14H,8H2,1-3H3,(H2,13,17). The van der Waals surface area contributed by atoms with E-state index in [1.165, 1.54) is 0 Å². The molecule has 3 N–H and O–H groups in total. The van der Waals surface area contributed by atoms with E-state index in [-0.39, 0.29) is 10.7 Å². The van der Waals surface area contributed by atoms with Gasteiger partial charge in [0.05, 0.1) is 5.75 Å². The van der Waals surface area contributed by atoms with Gasteiger partial charge >= 0.3 is 0 Å². The third-order valence-electron chi connectivity index (χ3n) is 2.09. The molecule has 0 aliphatic heterocycles. The zero-order valence-corrected chi connectivity index (χ0v) is 12.4. The summed E-state index contributed by atoms with van der Waals surface area (Å²) >= 11 is 4.91. The van der Waals surface area contributed by atoms with Gasteiger partial charge in [-0.25, -0.2) is 13.1 Å². The molecule has 0 aromatic heterocycles. The lowest BCUT2D eigenvalue weighted by atomic mass is 10.1. The highest BCUT2D eigenvalue weighted by Gasteiger charge is 2.21. The van der Waals surface area contributed by atoms with Gasteiger partial charge in [-0.15, -0.1) is 0 Å². The van der Waals surface area contributed by atoms with E-state index in [0.29, 0.717) is 11.1 Å². The zero-order valence-electron chi connectivity index (χ0n) is 10.7. The average Bonchev–Trinajstić information content (AvgIpc) is 2.13. The normalized spacial score (nSPS) is 12.4. The third kappa shape index (κ3) is 4.72. The monoisotopic (exact) mass is 286 g/mol. The van der Waals surface area contributed by atoms with Gasteiger partial charge in [-0.3, -0.25) is 0 Å². The highest BCUT2D eigenvalue weighted by molar-refractivity contribution is 7.88. The van der Waals surface area contributed by atoms with Crippen LogP contribution in [0.1, 0.15) is 31.9 Å². The first-order valence-corrected chi connectivity index (χ1v) is 7.56. The van der Waals surface area contributed by atoms with Gasteiger partial charge in [0.1, 0.15) is 4.99 Å². The molecule has 18 heavy (non-hydrogen) atoms. The van der Waals surface area contributed by atoms with Gasteiger partial charge in [0.2, 0.25) is 10.0 Å². The van der Waals surface area contributed by atoms with E-state index >= 15 is 0 Å². The Morgan fingerprint density at radius 2 is 1.89 bits per heavy atom. The SMILES string of the molecule is CC(C)(C)NS(=O)(=O)Cc1ccccc1C(N)=S. The van der Waals surface area contributed by atoms with Crippen molar-refractivity contribution in [3.05, 3.63) is 35.4 Å². The lowest BCUT2D eigenvalue weighted by Gasteiger charge is -2.20. The minimum atomic E-state index is -3.41. The number of nitrogens with one attached hydrogen (secondary N) is 1.